The van der Waals surface area contributed by atoms with Crippen molar-refractivity contribution in [1.82, 2.24) is 0 Å². The lowest BCUT2D eigenvalue weighted by atomic mass is 9.63. The molecule has 10 heteroatoms. The van der Waals surface area contributed by atoms with Crippen LogP contribution in [0.2, 0.25) is 0 Å². The number of benzene rings is 1. The zero-order chi connectivity index (χ0) is 33.1. The molecule has 1 aliphatic carbocycles. The van der Waals surface area contributed by atoms with Crippen LogP contribution in [0, 0.1) is 10.8 Å². The largest absolute Gasteiger partial charge is 0.491 e. The smallest absolute Gasteiger partial charge is 0.235 e. The minimum atomic E-state index is -0.125. The van der Waals surface area contributed by atoms with Gasteiger partial charge in [0.2, 0.25) is 12.2 Å². The summed E-state index contributed by atoms with van der Waals surface area (Å²) in [5, 5.41) is 30.5. The molecule has 1 heterocycles. The molecule has 1 aromatic carbocycles. The van der Waals surface area contributed by atoms with Gasteiger partial charge in [-0.25, -0.2) is 19.6 Å². The number of hydrogen-bond donors (Lipinski definition) is 4. The highest BCUT2D eigenvalue weighted by molar-refractivity contribution is 5.34. The summed E-state index contributed by atoms with van der Waals surface area (Å²) in [5.41, 5.74) is 1.48. The number of aryl methyl sites for hydroxylation is 1. The number of aliphatic hydroxyl groups excluding tert-OH is 4. The van der Waals surface area contributed by atoms with Crippen LogP contribution in [0.5, 0.6) is 5.75 Å². The third-order valence-electron chi connectivity index (χ3n) is 7.21. The normalized spacial score (nSPS) is 20.9. The molecule has 0 radical (unpaired) electrons. The van der Waals surface area contributed by atoms with Crippen LogP contribution < -0.4 is 4.74 Å². The van der Waals surface area contributed by atoms with Crippen LogP contribution in [0.1, 0.15) is 97.5 Å². The first-order valence-electron chi connectivity index (χ1n) is 16.0. The second-order valence-corrected chi connectivity index (χ2v) is 12.5. The van der Waals surface area contributed by atoms with Crippen LogP contribution in [-0.4, -0.2) is 90.9 Å². The van der Waals surface area contributed by atoms with E-state index in [-0.39, 0.29) is 43.3 Å². The number of epoxide rings is 1. The van der Waals surface area contributed by atoms with Crippen LogP contribution >= 0.6 is 0 Å². The van der Waals surface area contributed by atoms with Crippen molar-refractivity contribution in [1.29, 1.82) is 0 Å². The Morgan fingerprint density at radius 3 is 1.93 bits per heavy atom. The summed E-state index contributed by atoms with van der Waals surface area (Å²) in [4.78, 5) is 28.0. The van der Waals surface area contributed by atoms with Crippen LogP contribution in [0.25, 0.3) is 0 Å². The Hall–Kier alpha value is -2.42. The van der Waals surface area contributed by atoms with Gasteiger partial charge in [0.15, 0.2) is 0 Å². The molecule has 0 spiro atoms. The molecule has 1 aromatic rings. The van der Waals surface area contributed by atoms with Crippen LogP contribution in [0.15, 0.2) is 34.3 Å². The molecule has 44 heavy (non-hydrogen) atoms. The molecule has 3 rings (SSSR count). The number of hydrogen-bond acceptors (Lipinski definition) is 10. The van der Waals surface area contributed by atoms with Gasteiger partial charge in [-0.05, 0) is 60.6 Å². The fraction of sp³-hybridized carbons (Fsp3) is 0.765. The van der Waals surface area contributed by atoms with E-state index in [0.717, 1.165) is 31.6 Å². The Kier molecular flexibility index (Phi) is 24.4. The quantitative estimate of drug-likeness (QED) is 0.0872. The first kappa shape index (κ1) is 41.6. The molecule has 2 aliphatic rings. The molecule has 1 saturated heterocycles. The summed E-state index contributed by atoms with van der Waals surface area (Å²) >= 11 is 0. The van der Waals surface area contributed by atoms with E-state index in [4.69, 9.17) is 29.9 Å². The van der Waals surface area contributed by atoms with Crippen LogP contribution in [0.3, 0.4) is 0 Å². The van der Waals surface area contributed by atoms with Gasteiger partial charge in [0.1, 0.15) is 18.5 Å². The molecular formula is C34H58N2O8. The lowest BCUT2D eigenvalue weighted by Gasteiger charge is -2.44. The molecule has 3 unspecified atom stereocenters. The summed E-state index contributed by atoms with van der Waals surface area (Å²) in [7, 11) is 0. The average Bonchev–Trinajstić information content (AvgIpc) is 3.84. The van der Waals surface area contributed by atoms with E-state index < -0.39 is 0 Å². The van der Waals surface area contributed by atoms with E-state index in [0.29, 0.717) is 19.3 Å². The summed E-state index contributed by atoms with van der Waals surface area (Å²) in [6.07, 6.45) is 17.0. The molecule has 4 N–H and O–H groups in total. The maximum absolute atomic E-state index is 10.3. The fourth-order valence-electron chi connectivity index (χ4n) is 5.48. The van der Waals surface area contributed by atoms with Gasteiger partial charge in [0.25, 0.3) is 0 Å². The van der Waals surface area contributed by atoms with E-state index in [2.05, 4.69) is 61.9 Å². The number of aliphatic hydroxyl groups is 4. The van der Waals surface area contributed by atoms with Crippen molar-refractivity contribution >= 4 is 12.2 Å². The van der Waals surface area contributed by atoms with Gasteiger partial charge in [-0.1, -0.05) is 78.4 Å². The van der Waals surface area contributed by atoms with Gasteiger partial charge < -0.3 is 29.9 Å². The summed E-state index contributed by atoms with van der Waals surface area (Å²) < 4.78 is 10.8. The number of aliphatic imine (C=N–C) groups is 2. The third-order valence-corrected chi connectivity index (χ3v) is 7.21. The molecule has 2 fully saturated rings. The monoisotopic (exact) mass is 622 g/mol. The lowest BCUT2D eigenvalue weighted by Crippen LogP contribution is -2.39. The van der Waals surface area contributed by atoms with Crippen molar-refractivity contribution in [3.8, 4) is 5.75 Å². The summed E-state index contributed by atoms with van der Waals surface area (Å²) in [6.45, 7) is 10.2. The number of carbonyl (C=O) groups excluding carboxylic acids is 2. The van der Waals surface area contributed by atoms with Crippen LogP contribution in [-0.2, 0) is 20.7 Å². The van der Waals surface area contributed by atoms with Crippen LogP contribution in [0.4, 0.5) is 0 Å². The maximum Gasteiger partial charge on any atom is 0.235 e. The second-order valence-electron chi connectivity index (χ2n) is 12.5. The van der Waals surface area contributed by atoms with Gasteiger partial charge in [0, 0.05) is 0 Å². The second kappa shape index (κ2) is 25.9. The zero-order valence-corrected chi connectivity index (χ0v) is 27.5. The number of rotatable bonds is 16. The first-order valence-corrected chi connectivity index (χ1v) is 16.0. The van der Waals surface area contributed by atoms with Gasteiger partial charge >= 0.3 is 0 Å². The lowest BCUT2D eigenvalue weighted by molar-refractivity contribution is 0.0915. The topological polar surface area (TPSA) is 162 Å². The molecule has 0 amide bonds. The minimum Gasteiger partial charge on any atom is -0.491 e. The molecule has 10 nitrogen and oxygen atoms in total. The zero-order valence-electron chi connectivity index (χ0n) is 27.5. The van der Waals surface area contributed by atoms with E-state index in [1.807, 2.05) is 0 Å². The van der Waals surface area contributed by atoms with Crippen molar-refractivity contribution in [2.24, 2.45) is 20.8 Å². The molecule has 0 bridgehead atoms. The van der Waals surface area contributed by atoms with E-state index in [1.54, 1.807) is 12.2 Å². The molecule has 0 aromatic heterocycles. The Morgan fingerprint density at radius 2 is 1.43 bits per heavy atom. The average molecular weight is 623 g/mol. The van der Waals surface area contributed by atoms with Gasteiger partial charge in [-0.2, -0.15) is 0 Å². The Morgan fingerprint density at radius 1 is 0.864 bits per heavy atom. The third kappa shape index (κ3) is 23.0. The number of ether oxygens (including phenoxy) is 2. The first-order chi connectivity index (χ1) is 21.1. The van der Waals surface area contributed by atoms with Gasteiger partial charge in [0.05, 0.1) is 45.6 Å². The van der Waals surface area contributed by atoms with Crippen molar-refractivity contribution in [3.05, 3.63) is 29.8 Å². The minimum absolute atomic E-state index is 0.00750. The number of unbranched alkanes of at least 4 members (excludes halogenated alkanes) is 6. The fourth-order valence-corrected chi connectivity index (χ4v) is 5.48. The Labute approximate surface area is 264 Å². The highest BCUT2D eigenvalue weighted by atomic mass is 16.6. The van der Waals surface area contributed by atoms with Crippen molar-refractivity contribution in [2.45, 2.75) is 110 Å². The Balaban J connectivity index is 0.000000686. The molecule has 3 atom stereocenters. The molecule has 252 valence electrons. The maximum atomic E-state index is 10.3. The molecule has 1 aliphatic heterocycles. The van der Waals surface area contributed by atoms with Gasteiger partial charge in [-0.15, -0.1) is 0 Å². The Bertz CT molecular complexity index is 918. The van der Waals surface area contributed by atoms with Crippen molar-refractivity contribution in [3.63, 3.8) is 0 Å². The van der Waals surface area contributed by atoms with Crippen molar-refractivity contribution < 1.29 is 39.5 Å². The molecular weight excluding hydrogens is 564 g/mol. The standard InChI is InChI=1S/C18H28O2.C12H18N2O2.2C2H6O2/c1-2-3-4-5-6-7-8-9-16-10-12-17(13-11-16)19-14-18-15-20-18;1-11(2)4-10(14-9-16)5-12(3,6-11)7-13-8-15;2*3-1-2-4/h10-13,18H,2-9,14-15H2,1H3;10H,4-7H2,1-3H3;2*3-4H,1-2H2. The predicted molar refractivity (Wildman–Crippen MR) is 172 cm³/mol. The SMILES string of the molecule is CC1(C)CC(N=C=O)CC(C)(CN=C=O)C1.CCCCCCCCCc1ccc(OCC2CO2)cc1.OCCO.OCCO. The highest BCUT2D eigenvalue weighted by Crippen LogP contribution is 2.47. The number of nitrogens with zero attached hydrogens (tertiary/aromatic N) is 2. The van der Waals surface area contributed by atoms with E-state index >= 15 is 0 Å². The summed E-state index contributed by atoms with van der Waals surface area (Å²) in [6, 6.07) is 8.56. The van der Waals surface area contributed by atoms with E-state index in [9.17, 15) is 9.59 Å². The summed E-state index contributed by atoms with van der Waals surface area (Å²) in [5.74, 6) is 0.962. The van der Waals surface area contributed by atoms with E-state index in [1.165, 1.54) is 56.9 Å². The molecule has 1 saturated carbocycles. The van der Waals surface area contributed by atoms with Gasteiger partial charge in [-0.3, -0.25) is 0 Å². The van der Waals surface area contributed by atoms with Crippen molar-refractivity contribution in [2.75, 3.05) is 46.2 Å². The predicted octanol–water partition coefficient (Wildman–Crippen LogP) is 4.94. The highest BCUT2D eigenvalue weighted by Gasteiger charge is 2.41. The number of isocyanates is 2.